The standard InChI is InChI=1S/C13H19NO2/c1-9(7-13(15)16)8-14-12-6-4-5-10(2)11(12)3/h4-6,9,14H,7-8H2,1-3H3,(H,15,16). The summed E-state index contributed by atoms with van der Waals surface area (Å²) in [5.74, 6) is -0.604. The Kier molecular flexibility index (Phi) is 4.35. The second kappa shape index (κ2) is 5.54. The number of rotatable bonds is 5. The van der Waals surface area contributed by atoms with Gasteiger partial charge in [-0.25, -0.2) is 0 Å². The van der Waals surface area contributed by atoms with Crippen LogP contribution in [-0.2, 0) is 4.79 Å². The van der Waals surface area contributed by atoms with Gasteiger partial charge in [-0.05, 0) is 37.0 Å². The van der Waals surface area contributed by atoms with Gasteiger partial charge in [0.25, 0.3) is 0 Å². The van der Waals surface area contributed by atoms with Crippen LogP contribution >= 0.6 is 0 Å². The molecule has 0 aromatic heterocycles. The maximum absolute atomic E-state index is 10.5. The predicted octanol–water partition coefficient (Wildman–Crippen LogP) is 2.83. The van der Waals surface area contributed by atoms with E-state index in [1.165, 1.54) is 11.1 Å². The van der Waals surface area contributed by atoms with Crippen LogP contribution in [0.1, 0.15) is 24.5 Å². The molecule has 1 unspecified atom stereocenters. The van der Waals surface area contributed by atoms with Crippen molar-refractivity contribution in [2.24, 2.45) is 5.92 Å². The van der Waals surface area contributed by atoms with Gasteiger partial charge in [0.1, 0.15) is 0 Å². The van der Waals surface area contributed by atoms with Crippen molar-refractivity contribution in [3.63, 3.8) is 0 Å². The third-order valence-electron chi connectivity index (χ3n) is 2.77. The zero-order chi connectivity index (χ0) is 12.1. The monoisotopic (exact) mass is 221 g/mol. The van der Waals surface area contributed by atoms with Crippen LogP contribution in [0.3, 0.4) is 0 Å². The van der Waals surface area contributed by atoms with E-state index in [1.54, 1.807) is 0 Å². The van der Waals surface area contributed by atoms with Gasteiger partial charge >= 0.3 is 5.97 Å². The van der Waals surface area contributed by atoms with Crippen molar-refractivity contribution in [3.05, 3.63) is 29.3 Å². The largest absolute Gasteiger partial charge is 0.481 e. The van der Waals surface area contributed by atoms with Crippen LogP contribution in [0.5, 0.6) is 0 Å². The summed E-state index contributed by atoms with van der Waals surface area (Å²) >= 11 is 0. The Morgan fingerprint density at radius 1 is 1.44 bits per heavy atom. The molecule has 1 atom stereocenters. The quantitative estimate of drug-likeness (QED) is 0.803. The maximum atomic E-state index is 10.5. The number of aliphatic carboxylic acids is 1. The third kappa shape index (κ3) is 3.57. The summed E-state index contributed by atoms with van der Waals surface area (Å²) in [4.78, 5) is 10.5. The van der Waals surface area contributed by atoms with Crippen LogP contribution in [0, 0.1) is 19.8 Å². The van der Waals surface area contributed by atoms with Gasteiger partial charge in [0, 0.05) is 18.7 Å². The summed E-state index contributed by atoms with van der Waals surface area (Å²) < 4.78 is 0. The van der Waals surface area contributed by atoms with Crippen LogP contribution in [0.4, 0.5) is 5.69 Å². The number of benzene rings is 1. The molecule has 0 amide bonds. The average molecular weight is 221 g/mol. The highest BCUT2D eigenvalue weighted by Crippen LogP contribution is 2.18. The van der Waals surface area contributed by atoms with E-state index in [2.05, 4.69) is 25.2 Å². The summed E-state index contributed by atoms with van der Waals surface area (Å²) in [5.41, 5.74) is 3.57. The molecule has 3 heteroatoms. The van der Waals surface area contributed by atoms with Gasteiger partial charge in [0.05, 0.1) is 0 Å². The van der Waals surface area contributed by atoms with Crippen molar-refractivity contribution < 1.29 is 9.90 Å². The van der Waals surface area contributed by atoms with Crippen molar-refractivity contribution in [2.75, 3.05) is 11.9 Å². The van der Waals surface area contributed by atoms with Crippen LogP contribution < -0.4 is 5.32 Å². The Bertz CT molecular complexity index is 374. The molecule has 88 valence electrons. The SMILES string of the molecule is Cc1cccc(NCC(C)CC(=O)O)c1C. The molecule has 3 nitrogen and oxygen atoms in total. The molecule has 0 fully saturated rings. The van der Waals surface area contributed by atoms with Gasteiger partial charge in [-0.2, -0.15) is 0 Å². The molecule has 0 spiro atoms. The van der Waals surface area contributed by atoms with Crippen LogP contribution in [0.25, 0.3) is 0 Å². The van der Waals surface area contributed by atoms with Crippen molar-refractivity contribution in [3.8, 4) is 0 Å². The number of aryl methyl sites for hydroxylation is 1. The van der Waals surface area contributed by atoms with E-state index in [1.807, 2.05) is 19.1 Å². The molecule has 0 aliphatic carbocycles. The van der Waals surface area contributed by atoms with E-state index < -0.39 is 5.97 Å². The highest BCUT2D eigenvalue weighted by Gasteiger charge is 2.08. The smallest absolute Gasteiger partial charge is 0.303 e. The van der Waals surface area contributed by atoms with Crippen molar-refractivity contribution in [1.29, 1.82) is 0 Å². The van der Waals surface area contributed by atoms with Crippen molar-refractivity contribution in [1.82, 2.24) is 0 Å². The fourth-order valence-electron chi connectivity index (χ4n) is 1.60. The second-order valence-electron chi connectivity index (χ2n) is 4.33. The third-order valence-corrected chi connectivity index (χ3v) is 2.77. The minimum absolute atomic E-state index is 0.136. The van der Waals surface area contributed by atoms with Gasteiger partial charge in [-0.3, -0.25) is 4.79 Å². The first-order chi connectivity index (χ1) is 7.50. The van der Waals surface area contributed by atoms with Crippen molar-refractivity contribution >= 4 is 11.7 Å². The predicted molar refractivity (Wildman–Crippen MR) is 65.8 cm³/mol. The Labute approximate surface area is 96.5 Å². The zero-order valence-electron chi connectivity index (χ0n) is 10.1. The highest BCUT2D eigenvalue weighted by molar-refractivity contribution is 5.67. The molecular formula is C13H19NO2. The summed E-state index contributed by atoms with van der Waals surface area (Å²) in [6.07, 6.45) is 0.206. The fourth-order valence-corrected chi connectivity index (χ4v) is 1.60. The van der Waals surface area contributed by atoms with Gasteiger partial charge in [-0.1, -0.05) is 19.1 Å². The Morgan fingerprint density at radius 2 is 2.12 bits per heavy atom. The molecule has 0 radical (unpaired) electrons. The van der Waals surface area contributed by atoms with E-state index in [-0.39, 0.29) is 12.3 Å². The second-order valence-corrected chi connectivity index (χ2v) is 4.33. The molecule has 1 rings (SSSR count). The number of carboxylic acids is 1. The molecule has 0 saturated heterocycles. The van der Waals surface area contributed by atoms with Crippen LogP contribution in [0.2, 0.25) is 0 Å². The normalized spacial score (nSPS) is 12.2. The van der Waals surface area contributed by atoms with E-state index in [9.17, 15) is 4.79 Å². The summed E-state index contributed by atoms with van der Waals surface area (Å²) in [5, 5.41) is 11.9. The topological polar surface area (TPSA) is 49.3 Å². The molecule has 16 heavy (non-hydrogen) atoms. The number of hydrogen-bond donors (Lipinski definition) is 2. The lowest BCUT2D eigenvalue weighted by Gasteiger charge is -2.14. The molecule has 0 heterocycles. The first-order valence-electron chi connectivity index (χ1n) is 5.52. The minimum atomic E-state index is -0.740. The maximum Gasteiger partial charge on any atom is 0.303 e. The number of nitrogens with one attached hydrogen (secondary N) is 1. The number of hydrogen-bond acceptors (Lipinski definition) is 2. The number of anilines is 1. The molecule has 0 aliphatic heterocycles. The number of carbonyl (C=O) groups is 1. The fraction of sp³-hybridized carbons (Fsp3) is 0.462. The molecule has 2 N–H and O–H groups in total. The Hall–Kier alpha value is -1.51. The van der Waals surface area contributed by atoms with E-state index in [4.69, 9.17) is 5.11 Å². The first-order valence-corrected chi connectivity index (χ1v) is 5.52. The molecule has 0 bridgehead atoms. The summed E-state index contributed by atoms with van der Waals surface area (Å²) in [6.45, 7) is 6.77. The molecule has 0 saturated carbocycles. The Morgan fingerprint density at radius 3 is 2.75 bits per heavy atom. The molecule has 1 aromatic rings. The van der Waals surface area contributed by atoms with Crippen molar-refractivity contribution in [2.45, 2.75) is 27.2 Å². The molecule has 1 aromatic carbocycles. The van der Waals surface area contributed by atoms with Gasteiger partial charge in [-0.15, -0.1) is 0 Å². The molecular weight excluding hydrogens is 202 g/mol. The summed E-state index contributed by atoms with van der Waals surface area (Å²) in [7, 11) is 0. The summed E-state index contributed by atoms with van der Waals surface area (Å²) in [6, 6.07) is 6.10. The Balaban J connectivity index is 2.54. The molecule has 0 aliphatic rings. The van der Waals surface area contributed by atoms with Gasteiger partial charge in [0.2, 0.25) is 0 Å². The lowest BCUT2D eigenvalue weighted by atomic mass is 10.1. The number of carboxylic acid groups (broad SMARTS) is 1. The first kappa shape index (κ1) is 12.6. The minimum Gasteiger partial charge on any atom is -0.481 e. The van der Waals surface area contributed by atoms with Crippen LogP contribution in [0.15, 0.2) is 18.2 Å². The average Bonchev–Trinajstić information content (AvgIpc) is 2.19. The zero-order valence-corrected chi connectivity index (χ0v) is 10.1. The van der Waals surface area contributed by atoms with Gasteiger partial charge in [0.15, 0.2) is 0 Å². The van der Waals surface area contributed by atoms with E-state index in [0.29, 0.717) is 6.54 Å². The lowest BCUT2D eigenvalue weighted by molar-refractivity contribution is -0.137. The van der Waals surface area contributed by atoms with E-state index in [0.717, 1.165) is 5.69 Å². The lowest BCUT2D eigenvalue weighted by Crippen LogP contribution is -2.15. The van der Waals surface area contributed by atoms with E-state index >= 15 is 0 Å². The van der Waals surface area contributed by atoms with Gasteiger partial charge < -0.3 is 10.4 Å². The highest BCUT2D eigenvalue weighted by atomic mass is 16.4. The van der Waals surface area contributed by atoms with Crippen LogP contribution in [-0.4, -0.2) is 17.6 Å².